The first-order valence-electron chi connectivity index (χ1n) is 6.14. The minimum absolute atomic E-state index is 0.294. The average molecular weight is 298 g/mol. The molecule has 0 spiro atoms. The molecule has 112 valence electrons. The Morgan fingerprint density at radius 2 is 1.95 bits per heavy atom. The fourth-order valence-electron chi connectivity index (χ4n) is 1.65. The van der Waals surface area contributed by atoms with Crippen molar-refractivity contribution in [2.75, 3.05) is 11.9 Å². The van der Waals surface area contributed by atoms with Crippen LogP contribution in [0.3, 0.4) is 0 Å². The first-order valence-corrected chi connectivity index (χ1v) is 6.14. The van der Waals surface area contributed by atoms with Gasteiger partial charge in [-0.2, -0.15) is 13.2 Å². The second kappa shape index (κ2) is 6.29. The largest absolute Gasteiger partial charge is 0.416 e. The fourth-order valence-corrected chi connectivity index (χ4v) is 1.65. The number of urea groups is 1. The zero-order valence-electron chi connectivity index (χ0n) is 10.9. The van der Waals surface area contributed by atoms with Crippen LogP contribution in [0.25, 0.3) is 0 Å². The summed E-state index contributed by atoms with van der Waals surface area (Å²) in [6, 6.07) is 3.77. The Kier molecular flexibility index (Phi) is 4.46. The van der Waals surface area contributed by atoms with Crippen molar-refractivity contribution in [3.05, 3.63) is 48.0 Å². The number of aromatic nitrogens is 2. The summed E-state index contributed by atoms with van der Waals surface area (Å²) in [5.74, 6) is 0. The highest BCUT2D eigenvalue weighted by Gasteiger charge is 2.29. The van der Waals surface area contributed by atoms with Crippen LogP contribution in [-0.2, 0) is 12.6 Å². The fraction of sp³-hybridized carbons (Fsp3) is 0.231. The monoisotopic (exact) mass is 298 g/mol. The number of rotatable bonds is 4. The average Bonchev–Trinajstić information content (AvgIpc) is 2.91. The summed E-state index contributed by atoms with van der Waals surface area (Å²) < 4.78 is 37.1. The molecule has 3 N–H and O–H groups in total. The summed E-state index contributed by atoms with van der Waals surface area (Å²) in [5.41, 5.74) is 0.416. The number of carbonyl (C=O) groups excluding carboxylic acids is 1. The molecule has 0 atom stereocenters. The van der Waals surface area contributed by atoms with E-state index in [2.05, 4.69) is 20.6 Å². The number of nitrogens with one attached hydrogen (secondary N) is 3. The third-order valence-corrected chi connectivity index (χ3v) is 2.70. The molecule has 2 aromatic rings. The maximum Gasteiger partial charge on any atom is 0.416 e. The topological polar surface area (TPSA) is 69.8 Å². The van der Waals surface area contributed by atoms with Crippen LogP contribution in [0.5, 0.6) is 0 Å². The molecule has 2 amide bonds. The quantitative estimate of drug-likeness (QED) is 0.812. The van der Waals surface area contributed by atoms with E-state index < -0.39 is 17.8 Å². The predicted octanol–water partition coefficient (Wildman–Crippen LogP) is 2.79. The number of hydrogen-bond acceptors (Lipinski definition) is 2. The van der Waals surface area contributed by atoms with Crippen molar-refractivity contribution in [2.45, 2.75) is 12.6 Å². The second-order valence-electron chi connectivity index (χ2n) is 4.28. The van der Waals surface area contributed by atoms with Crippen LogP contribution < -0.4 is 10.6 Å². The zero-order chi connectivity index (χ0) is 15.3. The van der Waals surface area contributed by atoms with E-state index in [1.54, 1.807) is 6.20 Å². The van der Waals surface area contributed by atoms with E-state index in [0.29, 0.717) is 18.7 Å². The number of halogens is 3. The van der Waals surface area contributed by atoms with Gasteiger partial charge < -0.3 is 15.6 Å². The van der Waals surface area contributed by atoms with Crippen molar-refractivity contribution in [2.24, 2.45) is 0 Å². The molecular formula is C13H13F3N4O. The van der Waals surface area contributed by atoms with Gasteiger partial charge >= 0.3 is 12.2 Å². The number of H-pyrrole nitrogens is 1. The van der Waals surface area contributed by atoms with Gasteiger partial charge in [-0.1, -0.05) is 0 Å². The highest BCUT2D eigenvalue weighted by atomic mass is 19.4. The second-order valence-corrected chi connectivity index (χ2v) is 4.28. The van der Waals surface area contributed by atoms with E-state index in [-0.39, 0.29) is 0 Å². The normalized spacial score (nSPS) is 11.2. The highest BCUT2D eigenvalue weighted by Crippen LogP contribution is 2.29. The van der Waals surface area contributed by atoms with Crippen LogP contribution in [0.2, 0.25) is 0 Å². The van der Waals surface area contributed by atoms with Crippen LogP contribution in [0.15, 0.2) is 36.8 Å². The number of anilines is 1. The SMILES string of the molecule is O=C(NCCc1cnc[nH]1)Nc1ccc(C(F)(F)F)cc1. The number of carbonyl (C=O) groups is 1. The lowest BCUT2D eigenvalue weighted by Gasteiger charge is -2.09. The summed E-state index contributed by atoms with van der Waals surface area (Å²) in [5, 5.41) is 5.05. The van der Waals surface area contributed by atoms with Gasteiger partial charge in [-0.05, 0) is 24.3 Å². The van der Waals surface area contributed by atoms with Crippen LogP contribution in [-0.4, -0.2) is 22.5 Å². The van der Waals surface area contributed by atoms with Gasteiger partial charge in [0.15, 0.2) is 0 Å². The third-order valence-electron chi connectivity index (χ3n) is 2.70. The lowest BCUT2D eigenvalue weighted by molar-refractivity contribution is -0.137. The highest BCUT2D eigenvalue weighted by molar-refractivity contribution is 5.89. The van der Waals surface area contributed by atoms with Crippen LogP contribution in [0.1, 0.15) is 11.3 Å². The Hall–Kier alpha value is -2.51. The maximum atomic E-state index is 12.4. The van der Waals surface area contributed by atoms with Gasteiger partial charge in [0.1, 0.15) is 0 Å². The van der Waals surface area contributed by atoms with Crippen molar-refractivity contribution in [3.8, 4) is 0 Å². The summed E-state index contributed by atoms with van der Waals surface area (Å²) in [4.78, 5) is 18.3. The van der Waals surface area contributed by atoms with Crippen molar-refractivity contribution in [3.63, 3.8) is 0 Å². The standard InChI is InChI=1S/C13H13F3N4O/c14-13(15,16)9-1-3-10(4-2-9)20-12(21)18-6-5-11-7-17-8-19-11/h1-4,7-8H,5-6H2,(H,17,19)(H2,18,20,21). The molecule has 1 aromatic heterocycles. The molecule has 0 aliphatic heterocycles. The Labute approximate surface area is 118 Å². The van der Waals surface area contributed by atoms with Gasteiger partial charge in [0.2, 0.25) is 0 Å². The summed E-state index contributed by atoms with van der Waals surface area (Å²) >= 11 is 0. The first-order chi connectivity index (χ1) is 9.95. The Balaban J connectivity index is 1.79. The van der Waals surface area contributed by atoms with E-state index in [1.165, 1.54) is 18.5 Å². The maximum absolute atomic E-state index is 12.4. The summed E-state index contributed by atoms with van der Waals surface area (Å²) in [6.07, 6.45) is -0.613. The molecule has 0 unspecified atom stereocenters. The Morgan fingerprint density at radius 1 is 1.24 bits per heavy atom. The molecule has 0 radical (unpaired) electrons. The number of imidazole rings is 1. The molecule has 0 fully saturated rings. The molecule has 8 heteroatoms. The van der Waals surface area contributed by atoms with E-state index in [0.717, 1.165) is 17.8 Å². The van der Waals surface area contributed by atoms with Crippen molar-refractivity contribution >= 4 is 11.7 Å². The Bertz CT molecular complexity index is 578. The number of alkyl halides is 3. The summed E-state index contributed by atoms with van der Waals surface area (Å²) in [7, 11) is 0. The van der Waals surface area contributed by atoms with Gasteiger partial charge in [0.05, 0.1) is 11.9 Å². The minimum atomic E-state index is -4.38. The van der Waals surface area contributed by atoms with E-state index in [1.807, 2.05) is 0 Å². The van der Waals surface area contributed by atoms with Crippen molar-refractivity contribution in [1.29, 1.82) is 0 Å². The van der Waals surface area contributed by atoms with Crippen LogP contribution >= 0.6 is 0 Å². The van der Waals surface area contributed by atoms with E-state index >= 15 is 0 Å². The molecule has 0 bridgehead atoms. The molecule has 0 aliphatic rings. The van der Waals surface area contributed by atoms with Crippen molar-refractivity contribution < 1.29 is 18.0 Å². The molecule has 0 aliphatic carbocycles. The smallest absolute Gasteiger partial charge is 0.348 e. The molecule has 0 saturated heterocycles. The van der Waals surface area contributed by atoms with Crippen LogP contribution in [0, 0.1) is 0 Å². The first kappa shape index (κ1) is 14.9. The van der Waals surface area contributed by atoms with Gasteiger partial charge in [-0.3, -0.25) is 0 Å². The number of hydrogen-bond donors (Lipinski definition) is 3. The van der Waals surface area contributed by atoms with Gasteiger partial charge in [-0.25, -0.2) is 9.78 Å². The molecular weight excluding hydrogens is 285 g/mol. The van der Waals surface area contributed by atoms with Crippen molar-refractivity contribution in [1.82, 2.24) is 15.3 Å². The minimum Gasteiger partial charge on any atom is -0.348 e. The van der Waals surface area contributed by atoms with E-state index in [9.17, 15) is 18.0 Å². The Morgan fingerprint density at radius 3 is 2.52 bits per heavy atom. The lowest BCUT2D eigenvalue weighted by Crippen LogP contribution is -2.30. The van der Waals surface area contributed by atoms with E-state index in [4.69, 9.17) is 0 Å². The van der Waals surface area contributed by atoms with Gasteiger partial charge in [-0.15, -0.1) is 0 Å². The molecule has 21 heavy (non-hydrogen) atoms. The number of benzene rings is 1. The van der Waals surface area contributed by atoms with Gasteiger partial charge in [0.25, 0.3) is 0 Å². The number of amides is 2. The molecule has 2 rings (SSSR count). The lowest BCUT2D eigenvalue weighted by atomic mass is 10.2. The van der Waals surface area contributed by atoms with Gasteiger partial charge in [0, 0.05) is 30.5 Å². The number of nitrogens with zero attached hydrogens (tertiary/aromatic N) is 1. The predicted molar refractivity (Wildman–Crippen MR) is 70.8 cm³/mol. The zero-order valence-corrected chi connectivity index (χ0v) is 10.9. The van der Waals surface area contributed by atoms with Crippen LogP contribution in [0.4, 0.5) is 23.7 Å². The molecule has 0 saturated carbocycles. The number of aromatic amines is 1. The third kappa shape index (κ3) is 4.51. The molecule has 1 aromatic carbocycles. The summed E-state index contributed by atoms with van der Waals surface area (Å²) in [6.45, 7) is 0.384. The molecule has 5 nitrogen and oxygen atoms in total. The molecule has 1 heterocycles.